The lowest BCUT2D eigenvalue weighted by molar-refractivity contribution is 0.0919. The summed E-state index contributed by atoms with van der Waals surface area (Å²) in [6.45, 7) is 4.96. The second-order valence-electron chi connectivity index (χ2n) is 4.08. The van der Waals surface area contributed by atoms with Crippen molar-refractivity contribution in [3.63, 3.8) is 0 Å². The minimum atomic E-state index is 0.157. The van der Waals surface area contributed by atoms with Gasteiger partial charge in [0.25, 0.3) is 0 Å². The van der Waals surface area contributed by atoms with Crippen LogP contribution >= 0.6 is 0 Å². The van der Waals surface area contributed by atoms with Gasteiger partial charge in [-0.15, -0.1) is 0 Å². The van der Waals surface area contributed by atoms with Crippen molar-refractivity contribution < 1.29 is 4.79 Å². The number of fused-ring (bicyclic) bond motifs is 1. The van der Waals surface area contributed by atoms with Gasteiger partial charge in [0.2, 0.25) is 0 Å². The number of aryl methyl sites for hydroxylation is 1. The van der Waals surface area contributed by atoms with Crippen molar-refractivity contribution in [2.45, 2.75) is 26.7 Å². The molecule has 0 saturated heterocycles. The zero-order chi connectivity index (χ0) is 10.8. The maximum Gasteiger partial charge on any atom is 0.169 e. The number of rotatable bonds is 2. The molecule has 0 amide bonds. The lowest BCUT2D eigenvalue weighted by Gasteiger charge is -2.24. The summed E-state index contributed by atoms with van der Waals surface area (Å²) in [5, 5.41) is 3.32. The number of ketones is 1. The van der Waals surface area contributed by atoms with Gasteiger partial charge in [-0.3, -0.25) is 4.79 Å². The van der Waals surface area contributed by atoms with E-state index in [0.29, 0.717) is 5.78 Å². The minimum Gasteiger partial charge on any atom is -0.384 e. The molecule has 1 atom stereocenters. The van der Waals surface area contributed by atoms with Crippen molar-refractivity contribution in [1.82, 2.24) is 0 Å². The van der Waals surface area contributed by atoms with Crippen LogP contribution in [0.3, 0.4) is 0 Å². The normalized spacial score (nSPS) is 19.6. The predicted molar refractivity (Wildman–Crippen MR) is 62.4 cm³/mol. The van der Waals surface area contributed by atoms with Gasteiger partial charge in [-0.2, -0.15) is 0 Å². The van der Waals surface area contributed by atoms with E-state index in [1.54, 1.807) is 0 Å². The summed E-state index contributed by atoms with van der Waals surface area (Å²) in [5.41, 5.74) is 3.12. The molecule has 1 heterocycles. The van der Waals surface area contributed by atoms with Crippen molar-refractivity contribution in [1.29, 1.82) is 0 Å². The molecule has 1 aromatic carbocycles. The van der Waals surface area contributed by atoms with Gasteiger partial charge < -0.3 is 5.32 Å². The maximum atomic E-state index is 12.1. The molecule has 0 bridgehead atoms. The molecular formula is C13H17NO. The Morgan fingerprint density at radius 1 is 1.40 bits per heavy atom. The van der Waals surface area contributed by atoms with Crippen LogP contribution in [0.2, 0.25) is 0 Å². The molecule has 1 aliphatic rings. The number of hydrogen-bond donors (Lipinski definition) is 1. The number of nitrogens with one attached hydrogen (secondary N) is 1. The van der Waals surface area contributed by atoms with E-state index in [4.69, 9.17) is 0 Å². The third-order valence-corrected chi connectivity index (χ3v) is 3.16. The Labute approximate surface area is 90.7 Å². The van der Waals surface area contributed by atoms with E-state index in [9.17, 15) is 4.79 Å². The van der Waals surface area contributed by atoms with Gasteiger partial charge >= 0.3 is 0 Å². The van der Waals surface area contributed by atoms with Crippen LogP contribution < -0.4 is 5.32 Å². The second kappa shape index (κ2) is 4.05. The Balaban J connectivity index is 2.40. The standard InChI is InChI=1S/C13H17NO/c1-3-9-5-6-12-11(7-9)13(15)10(4-2)8-14-12/h5-7,10,14H,3-4,8H2,1-2H3. The fraction of sp³-hybridized carbons (Fsp3) is 0.462. The molecule has 1 unspecified atom stereocenters. The first-order valence-electron chi connectivity index (χ1n) is 5.67. The predicted octanol–water partition coefficient (Wildman–Crippen LogP) is 2.88. The lowest BCUT2D eigenvalue weighted by atomic mass is 9.89. The molecule has 2 heteroatoms. The van der Waals surface area contributed by atoms with Crippen LogP contribution in [0.25, 0.3) is 0 Å². The fourth-order valence-corrected chi connectivity index (χ4v) is 2.04. The molecule has 0 radical (unpaired) electrons. The summed E-state index contributed by atoms with van der Waals surface area (Å²) in [4.78, 5) is 12.1. The van der Waals surface area contributed by atoms with Gasteiger partial charge in [0, 0.05) is 23.7 Å². The van der Waals surface area contributed by atoms with Crippen molar-refractivity contribution in [3.8, 4) is 0 Å². The maximum absolute atomic E-state index is 12.1. The number of hydrogen-bond acceptors (Lipinski definition) is 2. The van der Waals surface area contributed by atoms with Gasteiger partial charge in [0.15, 0.2) is 5.78 Å². The summed E-state index contributed by atoms with van der Waals surface area (Å²) >= 11 is 0. The first kappa shape index (κ1) is 10.2. The number of Topliss-reactive ketones (excluding diaryl/α,β-unsaturated/α-hetero) is 1. The lowest BCUT2D eigenvalue weighted by Crippen LogP contribution is -2.29. The SMILES string of the molecule is CCc1ccc2c(c1)C(=O)C(CC)CN2. The topological polar surface area (TPSA) is 29.1 Å². The Kier molecular flexibility index (Phi) is 2.76. The van der Waals surface area contributed by atoms with Crippen molar-refractivity contribution in [3.05, 3.63) is 29.3 Å². The van der Waals surface area contributed by atoms with E-state index < -0.39 is 0 Å². The minimum absolute atomic E-state index is 0.157. The number of carbonyl (C=O) groups excluding carboxylic acids is 1. The highest BCUT2D eigenvalue weighted by Crippen LogP contribution is 2.27. The van der Waals surface area contributed by atoms with Crippen molar-refractivity contribution in [2.75, 3.05) is 11.9 Å². The van der Waals surface area contributed by atoms with Gasteiger partial charge in [-0.05, 0) is 30.5 Å². The molecule has 80 valence electrons. The van der Waals surface area contributed by atoms with Gasteiger partial charge in [0.05, 0.1) is 0 Å². The molecule has 15 heavy (non-hydrogen) atoms. The highest BCUT2D eigenvalue weighted by molar-refractivity contribution is 6.04. The third-order valence-electron chi connectivity index (χ3n) is 3.16. The van der Waals surface area contributed by atoms with E-state index in [2.05, 4.69) is 25.2 Å². The molecule has 0 spiro atoms. The second-order valence-corrected chi connectivity index (χ2v) is 4.08. The first-order chi connectivity index (χ1) is 7.26. The number of anilines is 1. The summed E-state index contributed by atoms with van der Waals surface area (Å²) in [6, 6.07) is 6.15. The summed E-state index contributed by atoms with van der Waals surface area (Å²) in [7, 11) is 0. The molecule has 1 N–H and O–H groups in total. The molecule has 0 fully saturated rings. The van der Waals surface area contributed by atoms with E-state index in [1.807, 2.05) is 12.1 Å². The van der Waals surface area contributed by atoms with E-state index >= 15 is 0 Å². The highest BCUT2D eigenvalue weighted by Gasteiger charge is 2.25. The molecule has 2 rings (SSSR count). The zero-order valence-corrected chi connectivity index (χ0v) is 9.34. The quantitative estimate of drug-likeness (QED) is 0.800. The number of benzene rings is 1. The molecule has 1 aliphatic heterocycles. The van der Waals surface area contributed by atoms with Gasteiger partial charge in [-0.1, -0.05) is 19.9 Å². The molecule has 0 saturated carbocycles. The largest absolute Gasteiger partial charge is 0.384 e. The average molecular weight is 203 g/mol. The van der Waals surface area contributed by atoms with Crippen LogP contribution in [0.4, 0.5) is 5.69 Å². The Morgan fingerprint density at radius 2 is 2.20 bits per heavy atom. The van der Waals surface area contributed by atoms with E-state index in [-0.39, 0.29) is 5.92 Å². The number of carbonyl (C=O) groups is 1. The van der Waals surface area contributed by atoms with E-state index in [0.717, 1.165) is 30.6 Å². The van der Waals surface area contributed by atoms with Gasteiger partial charge in [-0.25, -0.2) is 0 Å². The van der Waals surface area contributed by atoms with Crippen LogP contribution in [0, 0.1) is 5.92 Å². The molecule has 0 aromatic heterocycles. The Morgan fingerprint density at radius 3 is 2.87 bits per heavy atom. The molecule has 2 nitrogen and oxygen atoms in total. The monoisotopic (exact) mass is 203 g/mol. The Bertz CT molecular complexity index is 384. The summed E-state index contributed by atoms with van der Waals surface area (Å²) in [5.74, 6) is 0.464. The third kappa shape index (κ3) is 1.76. The van der Waals surface area contributed by atoms with Crippen LogP contribution in [0.1, 0.15) is 36.2 Å². The fourth-order valence-electron chi connectivity index (χ4n) is 2.04. The summed E-state index contributed by atoms with van der Waals surface area (Å²) in [6.07, 6.45) is 1.90. The molecular weight excluding hydrogens is 186 g/mol. The molecule has 0 aliphatic carbocycles. The van der Waals surface area contributed by atoms with Crippen molar-refractivity contribution in [2.24, 2.45) is 5.92 Å². The smallest absolute Gasteiger partial charge is 0.169 e. The highest BCUT2D eigenvalue weighted by atomic mass is 16.1. The molecule has 1 aromatic rings. The summed E-state index contributed by atoms with van der Waals surface area (Å²) < 4.78 is 0. The average Bonchev–Trinajstić information content (AvgIpc) is 2.29. The van der Waals surface area contributed by atoms with Crippen LogP contribution in [-0.2, 0) is 6.42 Å². The van der Waals surface area contributed by atoms with Gasteiger partial charge in [0.1, 0.15) is 0 Å². The van der Waals surface area contributed by atoms with Crippen LogP contribution in [-0.4, -0.2) is 12.3 Å². The first-order valence-corrected chi connectivity index (χ1v) is 5.67. The van der Waals surface area contributed by atoms with Crippen molar-refractivity contribution >= 4 is 11.5 Å². The van der Waals surface area contributed by atoms with E-state index in [1.165, 1.54) is 5.56 Å². The Hall–Kier alpha value is -1.31. The van der Waals surface area contributed by atoms with Crippen LogP contribution in [0.5, 0.6) is 0 Å². The zero-order valence-electron chi connectivity index (χ0n) is 9.34. The van der Waals surface area contributed by atoms with Crippen LogP contribution in [0.15, 0.2) is 18.2 Å².